The second-order valence-corrected chi connectivity index (χ2v) is 7.77. The van der Waals surface area contributed by atoms with Crippen LogP contribution in [0.2, 0.25) is 0 Å². The lowest BCUT2D eigenvalue weighted by Crippen LogP contribution is -2.45. The van der Waals surface area contributed by atoms with Gasteiger partial charge in [-0.25, -0.2) is 0 Å². The molecule has 2 unspecified atom stereocenters. The molecule has 1 saturated heterocycles. The van der Waals surface area contributed by atoms with E-state index in [1.54, 1.807) is 0 Å². The molecule has 1 aromatic rings. The molecule has 1 aromatic carbocycles. The van der Waals surface area contributed by atoms with Gasteiger partial charge < -0.3 is 24.8 Å². The molecule has 0 aromatic heterocycles. The van der Waals surface area contributed by atoms with Gasteiger partial charge in [0.25, 0.3) is 0 Å². The molecule has 0 spiro atoms. The van der Waals surface area contributed by atoms with Crippen molar-refractivity contribution in [2.24, 2.45) is 4.99 Å². The SMILES string of the molecule is CCNC(=NCCOCC1CCCO1)NC1CC(C)(C)Oc2ccccc21.I. The lowest BCUT2D eigenvalue weighted by atomic mass is 9.90. The summed E-state index contributed by atoms with van der Waals surface area (Å²) in [4.78, 5) is 4.68. The van der Waals surface area contributed by atoms with E-state index in [4.69, 9.17) is 14.2 Å². The standard InChI is InChI=1S/C21H33N3O3.HI/c1-4-22-20(23-11-13-25-15-16-8-7-12-26-16)24-18-14-21(2,3)27-19-10-6-5-9-17(18)19;/h5-6,9-10,16,18H,4,7-8,11-15H2,1-3H3,(H2,22,23,24);1H. The van der Waals surface area contributed by atoms with E-state index in [1.165, 1.54) is 5.56 Å². The molecule has 1 fully saturated rings. The molecule has 2 aliphatic rings. The van der Waals surface area contributed by atoms with Crippen molar-refractivity contribution in [1.29, 1.82) is 0 Å². The predicted molar refractivity (Wildman–Crippen MR) is 123 cm³/mol. The van der Waals surface area contributed by atoms with Crippen molar-refractivity contribution in [3.05, 3.63) is 29.8 Å². The number of guanidine groups is 1. The summed E-state index contributed by atoms with van der Waals surface area (Å²) in [7, 11) is 0. The van der Waals surface area contributed by atoms with Crippen LogP contribution in [0.3, 0.4) is 0 Å². The molecule has 2 N–H and O–H groups in total. The van der Waals surface area contributed by atoms with Gasteiger partial charge in [-0.2, -0.15) is 0 Å². The highest BCUT2D eigenvalue weighted by Gasteiger charge is 2.33. The molecule has 0 bridgehead atoms. The van der Waals surface area contributed by atoms with E-state index in [-0.39, 0.29) is 41.7 Å². The molecule has 28 heavy (non-hydrogen) atoms. The maximum Gasteiger partial charge on any atom is 0.191 e. The van der Waals surface area contributed by atoms with Crippen LogP contribution in [0.4, 0.5) is 0 Å². The van der Waals surface area contributed by atoms with Gasteiger partial charge in [0.05, 0.1) is 31.9 Å². The van der Waals surface area contributed by atoms with Crippen LogP contribution in [0.15, 0.2) is 29.3 Å². The van der Waals surface area contributed by atoms with Crippen molar-refractivity contribution in [2.45, 2.75) is 57.8 Å². The lowest BCUT2D eigenvalue weighted by Gasteiger charge is -2.38. The van der Waals surface area contributed by atoms with Gasteiger partial charge in [-0.1, -0.05) is 18.2 Å². The van der Waals surface area contributed by atoms with Crippen molar-refractivity contribution < 1.29 is 14.2 Å². The molecule has 7 heteroatoms. The average Bonchev–Trinajstić information content (AvgIpc) is 3.14. The van der Waals surface area contributed by atoms with Crippen LogP contribution < -0.4 is 15.4 Å². The fraction of sp³-hybridized carbons (Fsp3) is 0.667. The van der Waals surface area contributed by atoms with Crippen LogP contribution in [0, 0.1) is 0 Å². The van der Waals surface area contributed by atoms with Gasteiger partial charge in [-0.3, -0.25) is 4.99 Å². The van der Waals surface area contributed by atoms with Crippen LogP contribution in [0.5, 0.6) is 5.75 Å². The fourth-order valence-corrected chi connectivity index (χ4v) is 3.63. The quantitative estimate of drug-likeness (QED) is 0.258. The van der Waals surface area contributed by atoms with Crippen molar-refractivity contribution in [3.8, 4) is 5.75 Å². The highest BCUT2D eigenvalue weighted by molar-refractivity contribution is 14.0. The zero-order valence-electron chi connectivity index (χ0n) is 17.2. The minimum atomic E-state index is -0.215. The van der Waals surface area contributed by atoms with E-state index < -0.39 is 0 Å². The van der Waals surface area contributed by atoms with Gasteiger partial charge in [0.15, 0.2) is 5.96 Å². The second-order valence-electron chi connectivity index (χ2n) is 7.77. The van der Waals surface area contributed by atoms with E-state index in [0.717, 1.165) is 44.1 Å². The first-order valence-corrected chi connectivity index (χ1v) is 10.1. The molecule has 0 amide bonds. The molecule has 158 valence electrons. The molecular weight excluding hydrogens is 469 g/mol. The summed E-state index contributed by atoms with van der Waals surface area (Å²) in [5, 5.41) is 6.92. The number of rotatable bonds is 7. The number of hydrogen-bond acceptors (Lipinski definition) is 4. The van der Waals surface area contributed by atoms with Gasteiger partial charge in [-0.15, -0.1) is 24.0 Å². The average molecular weight is 503 g/mol. The molecule has 0 radical (unpaired) electrons. The van der Waals surface area contributed by atoms with Crippen LogP contribution in [-0.4, -0.2) is 50.6 Å². The van der Waals surface area contributed by atoms with E-state index in [1.807, 2.05) is 12.1 Å². The van der Waals surface area contributed by atoms with Crippen LogP contribution in [0.1, 0.15) is 51.6 Å². The highest BCUT2D eigenvalue weighted by atomic mass is 127. The maximum atomic E-state index is 6.12. The van der Waals surface area contributed by atoms with E-state index in [9.17, 15) is 0 Å². The Morgan fingerprint density at radius 2 is 2.14 bits per heavy atom. The Kier molecular flexibility index (Phi) is 9.30. The largest absolute Gasteiger partial charge is 0.487 e. The Bertz CT molecular complexity index is 633. The number of benzene rings is 1. The monoisotopic (exact) mass is 503 g/mol. The van der Waals surface area contributed by atoms with Gasteiger partial charge in [0.1, 0.15) is 11.4 Å². The Labute approximate surface area is 185 Å². The lowest BCUT2D eigenvalue weighted by molar-refractivity contribution is 0.0200. The van der Waals surface area contributed by atoms with Crippen LogP contribution in [-0.2, 0) is 9.47 Å². The second kappa shape index (κ2) is 11.2. The number of halogens is 1. The molecule has 2 atom stereocenters. The summed E-state index contributed by atoms with van der Waals surface area (Å²) >= 11 is 0. The molecular formula is C21H34IN3O3. The van der Waals surface area contributed by atoms with E-state index in [2.05, 4.69) is 48.5 Å². The normalized spacial score (nSPS) is 23.3. The number of fused-ring (bicyclic) bond motifs is 1. The summed E-state index contributed by atoms with van der Waals surface area (Å²) in [6, 6.07) is 8.39. The minimum Gasteiger partial charge on any atom is -0.487 e. The number of ether oxygens (including phenoxy) is 3. The highest BCUT2D eigenvalue weighted by Crippen LogP contribution is 2.39. The van der Waals surface area contributed by atoms with Gasteiger partial charge >= 0.3 is 0 Å². The van der Waals surface area contributed by atoms with Gasteiger partial charge in [0, 0.05) is 25.1 Å². The third-order valence-electron chi connectivity index (χ3n) is 4.86. The Morgan fingerprint density at radius 1 is 1.32 bits per heavy atom. The zero-order valence-corrected chi connectivity index (χ0v) is 19.5. The molecule has 0 aliphatic carbocycles. The maximum absolute atomic E-state index is 6.12. The molecule has 2 heterocycles. The van der Waals surface area contributed by atoms with Crippen molar-refractivity contribution >= 4 is 29.9 Å². The minimum absolute atomic E-state index is 0. The Balaban J connectivity index is 0.00000280. The topological polar surface area (TPSA) is 64.1 Å². The first-order chi connectivity index (χ1) is 13.1. The first-order valence-electron chi connectivity index (χ1n) is 10.1. The zero-order chi connectivity index (χ0) is 19.1. The fourth-order valence-electron chi connectivity index (χ4n) is 3.63. The molecule has 3 rings (SSSR count). The number of aliphatic imine (C=N–C) groups is 1. The summed E-state index contributed by atoms with van der Waals surface area (Å²) in [6.07, 6.45) is 3.39. The summed E-state index contributed by atoms with van der Waals surface area (Å²) < 4.78 is 17.4. The third-order valence-corrected chi connectivity index (χ3v) is 4.86. The van der Waals surface area contributed by atoms with Crippen molar-refractivity contribution in [1.82, 2.24) is 10.6 Å². The van der Waals surface area contributed by atoms with Gasteiger partial charge in [-0.05, 0) is 39.7 Å². The molecule has 0 saturated carbocycles. The number of nitrogens with zero attached hydrogens (tertiary/aromatic N) is 1. The van der Waals surface area contributed by atoms with Gasteiger partial charge in [0.2, 0.25) is 0 Å². The molecule has 2 aliphatic heterocycles. The summed E-state index contributed by atoms with van der Waals surface area (Å²) in [6.45, 7) is 9.90. The summed E-state index contributed by atoms with van der Waals surface area (Å²) in [5.41, 5.74) is 0.963. The Hall–Kier alpha value is -1.06. The van der Waals surface area contributed by atoms with E-state index in [0.29, 0.717) is 19.8 Å². The summed E-state index contributed by atoms with van der Waals surface area (Å²) in [5.74, 6) is 1.76. The van der Waals surface area contributed by atoms with Crippen molar-refractivity contribution in [2.75, 3.05) is 32.9 Å². The number of hydrogen-bond donors (Lipinski definition) is 2. The smallest absolute Gasteiger partial charge is 0.191 e. The van der Waals surface area contributed by atoms with E-state index >= 15 is 0 Å². The number of para-hydroxylation sites is 1. The third kappa shape index (κ3) is 6.77. The number of nitrogens with one attached hydrogen (secondary N) is 2. The first kappa shape index (κ1) is 23.2. The van der Waals surface area contributed by atoms with Crippen LogP contribution in [0.25, 0.3) is 0 Å². The Morgan fingerprint density at radius 3 is 2.89 bits per heavy atom. The van der Waals surface area contributed by atoms with Crippen LogP contribution >= 0.6 is 24.0 Å². The predicted octanol–water partition coefficient (Wildman–Crippen LogP) is 3.66. The van der Waals surface area contributed by atoms with Crippen molar-refractivity contribution in [3.63, 3.8) is 0 Å². The molecule has 6 nitrogen and oxygen atoms in total.